The van der Waals surface area contributed by atoms with Crippen molar-refractivity contribution in [2.75, 3.05) is 20.7 Å². The average molecular weight is 203 g/mol. The van der Waals surface area contributed by atoms with Gasteiger partial charge >= 0.3 is 0 Å². The molecule has 2 atom stereocenters. The topological polar surface area (TPSA) is 93.5 Å². The molecule has 0 fully saturated rings. The van der Waals surface area contributed by atoms with Crippen LogP contribution in [0.15, 0.2) is 0 Å². The second-order valence-corrected chi connectivity index (χ2v) is 2.80. The van der Waals surface area contributed by atoms with Crippen molar-refractivity contribution in [3.05, 3.63) is 0 Å². The van der Waals surface area contributed by atoms with E-state index >= 15 is 0 Å². The largest absolute Gasteiger partial charge is 0.370 e. The first-order chi connectivity index (χ1) is 6.56. The molecular formula is C8H17N3O3. The van der Waals surface area contributed by atoms with Crippen LogP contribution in [-0.2, 0) is 14.3 Å². The smallest absolute Gasteiger partial charge is 0.251 e. The van der Waals surface area contributed by atoms with E-state index in [0.717, 1.165) is 0 Å². The third-order valence-electron chi connectivity index (χ3n) is 1.79. The quantitative estimate of drug-likeness (QED) is 0.492. The Morgan fingerprint density at radius 2 is 2.00 bits per heavy atom. The first-order valence-electron chi connectivity index (χ1n) is 4.31. The molecule has 2 amide bonds. The number of carbonyl (C=O) groups is 2. The summed E-state index contributed by atoms with van der Waals surface area (Å²) in [5.74, 6) is -0.642. The van der Waals surface area contributed by atoms with Crippen LogP contribution in [0.5, 0.6) is 0 Å². The molecule has 0 aliphatic rings. The molecule has 0 rings (SSSR count). The summed E-state index contributed by atoms with van der Waals surface area (Å²) in [6, 6.07) is -0.586. The summed E-state index contributed by atoms with van der Waals surface area (Å²) in [6.45, 7) is 1.67. The van der Waals surface area contributed by atoms with Crippen molar-refractivity contribution in [2.45, 2.75) is 19.1 Å². The van der Waals surface area contributed by atoms with Crippen LogP contribution < -0.4 is 16.4 Å². The minimum atomic E-state index is -0.706. The van der Waals surface area contributed by atoms with Gasteiger partial charge in [0.25, 0.3) is 5.91 Å². The molecule has 0 spiro atoms. The number of rotatable bonds is 5. The maximum Gasteiger partial charge on any atom is 0.251 e. The van der Waals surface area contributed by atoms with Gasteiger partial charge in [0.05, 0.1) is 0 Å². The van der Waals surface area contributed by atoms with Gasteiger partial charge in [0, 0.05) is 20.7 Å². The standard InChI is InChI=1S/C8H17N3O3/c1-5(7(12)10-2)11-8(13)6(4-9)14-3/h5-6H,4,9H2,1-3H3,(H,10,12)(H,11,13). The van der Waals surface area contributed by atoms with E-state index in [2.05, 4.69) is 10.6 Å². The molecule has 0 aromatic carbocycles. The molecule has 0 bridgehead atoms. The van der Waals surface area contributed by atoms with E-state index in [9.17, 15) is 9.59 Å². The Kier molecular flexibility index (Phi) is 5.82. The summed E-state index contributed by atoms with van der Waals surface area (Å²) in [5.41, 5.74) is 5.28. The fourth-order valence-electron chi connectivity index (χ4n) is 0.899. The van der Waals surface area contributed by atoms with Crippen molar-refractivity contribution < 1.29 is 14.3 Å². The first-order valence-corrected chi connectivity index (χ1v) is 4.31. The number of amides is 2. The fourth-order valence-corrected chi connectivity index (χ4v) is 0.899. The van der Waals surface area contributed by atoms with E-state index in [1.165, 1.54) is 14.2 Å². The van der Waals surface area contributed by atoms with Crippen LogP contribution in [-0.4, -0.2) is 44.7 Å². The van der Waals surface area contributed by atoms with Gasteiger partial charge in [-0.25, -0.2) is 0 Å². The maximum absolute atomic E-state index is 11.3. The maximum atomic E-state index is 11.3. The van der Waals surface area contributed by atoms with Crippen LogP contribution in [0.1, 0.15) is 6.92 Å². The van der Waals surface area contributed by atoms with E-state index in [1.54, 1.807) is 6.92 Å². The molecule has 4 N–H and O–H groups in total. The molecule has 14 heavy (non-hydrogen) atoms. The lowest BCUT2D eigenvalue weighted by atomic mass is 10.2. The normalized spacial score (nSPS) is 14.3. The Balaban J connectivity index is 4.10. The Morgan fingerprint density at radius 3 is 2.36 bits per heavy atom. The number of likely N-dealkylation sites (N-methyl/N-ethyl adjacent to an activating group) is 1. The molecule has 0 aliphatic carbocycles. The van der Waals surface area contributed by atoms with Crippen LogP contribution in [0.2, 0.25) is 0 Å². The van der Waals surface area contributed by atoms with Crippen molar-refractivity contribution in [3.8, 4) is 0 Å². The van der Waals surface area contributed by atoms with E-state index in [4.69, 9.17) is 10.5 Å². The van der Waals surface area contributed by atoms with Gasteiger partial charge in [-0.1, -0.05) is 0 Å². The molecule has 0 saturated carbocycles. The van der Waals surface area contributed by atoms with Gasteiger partial charge in [-0.3, -0.25) is 9.59 Å². The van der Waals surface area contributed by atoms with Crippen LogP contribution in [0.3, 0.4) is 0 Å². The Morgan fingerprint density at radius 1 is 1.43 bits per heavy atom. The van der Waals surface area contributed by atoms with Crippen molar-refractivity contribution in [2.24, 2.45) is 5.73 Å². The van der Waals surface area contributed by atoms with Gasteiger partial charge < -0.3 is 21.1 Å². The summed E-state index contributed by atoms with van der Waals surface area (Å²) in [7, 11) is 2.89. The lowest BCUT2D eigenvalue weighted by Crippen LogP contribution is -2.49. The van der Waals surface area contributed by atoms with Gasteiger partial charge in [0.15, 0.2) is 0 Å². The number of hydrogen-bond acceptors (Lipinski definition) is 4. The van der Waals surface area contributed by atoms with Gasteiger partial charge in [-0.15, -0.1) is 0 Å². The molecule has 0 aromatic rings. The van der Waals surface area contributed by atoms with Crippen molar-refractivity contribution in [1.29, 1.82) is 0 Å². The van der Waals surface area contributed by atoms with Gasteiger partial charge in [-0.05, 0) is 6.92 Å². The predicted octanol–water partition coefficient (Wildman–Crippen LogP) is -1.79. The second kappa shape index (κ2) is 6.33. The monoisotopic (exact) mass is 203 g/mol. The van der Waals surface area contributed by atoms with Crippen molar-refractivity contribution >= 4 is 11.8 Å². The SMILES string of the molecule is CNC(=O)C(C)NC(=O)C(CN)OC. The molecule has 82 valence electrons. The van der Waals surface area contributed by atoms with Crippen LogP contribution in [0, 0.1) is 0 Å². The van der Waals surface area contributed by atoms with Gasteiger partial charge in [-0.2, -0.15) is 0 Å². The zero-order valence-electron chi connectivity index (χ0n) is 8.66. The summed E-state index contributed by atoms with van der Waals surface area (Å²) < 4.78 is 4.81. The molecule has 0 heterocycles. The zero-order valence-corrected chi connectivity index (χ0v) is 8.66. The number of methoxy groups -OCH3 is 1. The molecule has 0 aliphatic heterocycles. The van der Waals surface area contributed by atoms with Crippen molar-refractivity contribution in [3.63, 3.8) is 0 Å². The Labute approximate surface area is 83.2 Å². The summed E-state index contributed by atoms with van der Waals surface area (Å²) >= 11 is 0. The third-order valence-corrected chi connectivity index (χ3v) is 1.79. The molecule has 0 saturated heterocycles. The highest BCUT2D eigenvalue weighted by molar-refractivity contribution is 5.88. The molecule has 6 heteroatoms. The van der Waals surface area contributed by atoms with Crippen LogP contribution in [0.25, 0.3) is 0 Å². The number of carbonyl (C=O) groups excluding carboxylic acids is 2. The Bertz CT molecular complexity index is 204. The number of hydrogen-bond donors (Lipinski definition) is 3. The predicted molar refractivity (Wildman–Crippen MR) is 51.5 cm³/mol. The Hall–Kier alpha value is -1.14. The first kappa shape index (κ1) is 12.9. The highest BCUT2D eigenvalue weighted by atomic mass is 16.5. The zero-order chi connectivity index (χ0) is 11.1. The molecular weight excluding hydrogens is 186 g/mol. The van der Waals surface area contributed by atoms with Gasteiger partial charge in [0.2, 0.25) is 5.91 Å². The lowest BCUT2D eigenvalue weighted by Gasteiger charge is -2.16. The van der Waals surface area contributed by atoms with Crippen LogP contribution >= 0.6 is 0 Å². The van der Waals surface area contributed by atoms with E-state index in [-0.39, 0.29) is 18.4 Å². The molecule has 2 unspecified atom stereocenters. The third kappa shape index (κ3) is 3.71. The fraction of sp³-hybridized carbons (Fsp3) is 0.750. The van der Waals surface area contributed by atoms with Crippen LogP contribution in [0.4, 0.5) is 0 Å². The lowest BCUT2D eigenvalue weighted by molar-refractivity contribution is -0.134. The molecule has 0 radical (unpaired) electrons. The summed E-state index contributed by atoms with van der Waals surface area (Å²) in [6.07, 6.45) is -0.706. The number of nitrogens with two attached hydrogens (primary N) is 1. The van der Waals surface area contributed by atoms with E-state index < -0.39 is 12.1 Å². The average Bonchev–Trinajstić information content (AvgIpc) is 2.18. The summed E-state index contributed by atoms with van der Waals surface area (Å²) in [4.78, 5) is 22.4. The highest BCUT2D eigenvalue weighted by Gasteiger charge is 2.20. The minimum absolute atomic E-state index is 0.0861. The van der Waals surface area contributed by atoms with E-state index in [0.29, 0.717) is 0 Å². The summed E-state index contributed by atoms with van der Waals surface area (Å²) in [5, 5.41) is 4.90. The minimum Gasteiger partial charge on any atom is -0.370 e. The van der Waals surface area contributed by atoms with E-state index in [1.807, 2.05) is 0 Å². The highest BCUT2D eigenvalue weighted by Crippen LogP contribution is 1.89. The number of nitrogens with one attached hydrogen (secondary N) is 2. The number of ether oxygens (including phenoxy) is 1. The molecule has 6 nitrogen and oxygen atoms in total. The van der Waals surface area contributed by atoms with Crippen molar-refractivity contribution in [1.82, 2.24) is 10.6 Å². The second-order valence-electron chi connectivity index (χ2n) is 2.80. The molecule has 0 aromatic heterocycles. The van der Waals surface area contributed by atoms with Gasteiger partial charge in [0.1, 0.15) is 12.1 Å².